The van der Waals surface area contributed by atoms with Crippen LogP contribution in [0.25, 0.3) is 32.9 Å². The molecule has 7 rings (SSSR count). The largest absolute Gasteiger partial charge is 0.463 e. The number of nitriles is 1. The van der Waals surface area contributed by atoms with Gasteiger partial charge < -0.3 is 24.4 Å². The zero-order valence-electron chi connectivity index (χ0n) is 27.4. The molecule has 2 aliphatic heterocycles. The lowest BCUT2D eigenvalue weighted by molar-refractivity contribution is -0.117. The second-order valence-electron chi connectivity index (χ2n) is 12.9. The summed E-state index contributed by atoms with van der Waals surface area (Å²) in [7, 11) is 0. The van der Waals surface area contributed by atoms with E-state index in [1.54, 1.807) is 6.07 Å². The summed E-state index contributed by atoms with van der Waals surface area (Å²) < 4.78 is 49.5. The van der Waals surface area contributed by atoms with Gasteiger partial charge in [0.15, 0.2) is 5.82 Å². The van der Waals surface area contributed by atoms with Gasteiger partial charge >= 0.3 is 6.01 Å². The van der Waals surface area contributed by atoms with E-state index < -0.39 is 17.7 Å². The minimum absolute atomic E-state index is 0.0142. The number of terminal acetylenes is 1. The standard InChI is InChI=1S/C37H35F2N7O4/c1-3-26-29(38)6-5-24-15-23(17-40)16-27(31(24)26)33-32(39)34-28(18-41-33)35(46-11-14-49-20-25(19-46)42-30(47)4-2)44-36(43-34)50-22-37(7-8-37)21-45-9-12-48-13-10-45/h1,4-6,15-16,18,25H,2,7-14,19-22H2,(H,42,47)/t25-/m0/s1. The number of morpholine rings is 1. The van der Waals surface area contributed by atoms with Crippen molar-refractivity contribution in [3.8, 4) is 35.7 Å². The number of ether oxygens (including phenoxy) is 3. The number of fused-ring (bicyclic) bond motifs is 2. The Morgan fingerprint density at radius 2 is 1.98 bits per heavy atom. The van der Waals surface area contributed by atoms with Crippen molar-refractivity contribution in [2.24, 2.45) is 5.41 Å². The monoisotopic (exact) mass is 679 g/mol. The minimum Gasteiger partial charge on any atom is -0.463 e. The zero-order chi connectivity index (χ0) is 34.8. The number of pyridine rings is 1. The van der Waals surface area contributed by atoms with Crippen LogP contribution in [0.2, 0.25) is 0 Å². The number of amides is 1. The topological polar surface area (TPSA) is 126 Å². The smallest absolute Gasteiger partial charge is 0.319 e. The Kier molecular flexibility index (Phi) is 9.29. The van der Waals surface area contributed by atoms with E-state index >= 15 is 4.39 Å². The normalized spacial score (nSPS) is 19.0. The summed E-state index contributed by atoms with van der Waals surface area (Å²) >= 11 is 0. The van der Waals surface area contributed by atoms with Crippen molar-refractivity contribution in [1.82, 2.24) is 25.2 Å². The molecule has 4 heterocycles. The van der Waals surface area contributed by atoms with Crippen LogP contribution in [0.5, 0.6) is 6.01 Å². The van der Waals surface area contributed by atoms with Gasteiger partial charge in [-0.15, -0.1) is 6.42 Å². The van der Waals surface area contributed by atoms with Crippen molar-refractivity contribution in [2.75, 3.05) is 70.7 Å². The van der Waals surface area contributed by atoms with Gasteiger partial charge in [-0.25, -0.2) is 8.78 Å². The second kappa shape index (κ2) is 14.0. The summed E-state index contributed by atoms with van der Waals surface area (Å²) in [5.41, 5.74) is 0.0236. The molecule has 3 fully saturated rings. The first-order valence-electron chi connectivity index (χ1n) is 16.5. The van der Waals surface area contributed by atoms with Crippen molar-refractivity contribution < 1.29 is 27.8 Å². The number of nitrogens with zero attached hydrogens (tertiary/aromatic N) is 6. The van der Waals surface area contributed by atoms with Crippen LogP contribution in [0.3, 0.4) is 0 Å². The van der Waals surface area contributed by atoms with Crippen LogP contribution in [0.4, 0.5) is 14.6 Å². The summed E-state index contributed by atoms with van der Waals surface area (Å²) in [4.78, 5) is 30.3. The van der Waals surface area contributed by atoms with Gasteiger partial charge in [-0.05, 0) is 42.5 Å². The second-order valence-corrected chi connectivity index (χ2v) is 12.9. The van der Waals surface area contributed by atoms with E-state index in [9.17, 15) is 14.4 Å². The van der Waals surface area contributed by atoms with E-state index in [0.717, 1.165) is 32.5 Å². The van der Waals surface area contributed by atoms with E-state index in [4.69, 9.17) is 25.6 Å². The molecule has 3 aliphatic rings. The van der Waals surface area contributed by atoms with E-state index in [1.807, 2.05) is 4.90 Å². The average Bonchev–Trinajstić information content (AvgIpc) is 3.94. The van der Waals surface area contributed by atoms with E-state index in [0.29, 0.717) is 56.1 Å². The molecule has 2 aromatic carbocycles. The Balaban J connectivity index is 1.33. The highest BCUT2D eigenvalue weighted by molar-refractivity contribution is 6.03. The van der Waals surface area contributed by atoms with Crippen molar-refractivity contribution in [3.05, 3.63) is 65.9 Å². The van der Waals surface area contributed by atoms with Crippen LogP contribution in [0.15, 0.2) is 43.1 Å². The maximum absolute atomic E-state index is 17.0. The van der Waals surface area contributed by atoms with Crippen LogP contribution in [-0.2, 0) is 14.3 Å². The fourth-order valence-corrected chi connectivity index (χ4v) is 6.67. The molecule has 11 nitrogen and oxygen atoms in total. The summed E-state index contributed by atoms with van der Waals surface area (Å²) in [5, 5.41) is 13.7. The molecule has 0 unspecified atom stereocenters. The Morgan fingerprint density at radius 3 is 2.72 bits per heavy atom. The molecule has 1 saturated carbocycles. The molecule has 256 valence electrons. The van der Waals surface area contributed by atoms with Crippen molar-refractivity contribution >= 4 is 33.4 Å². The van der Waals surface area contributed by atoms with Gasteiger partial charge in [0.05, 0.1) is 61.7 Å². The number of aromatic nitrogens is 3. The van der Waals surface area contributed by atoms with E-state index in [1.165, 1.54) is 30.5 Å². The minimum atomic E-state index is -0.809. The first kappa shape index (κ1) is 33.3. The van der Waals surface area contributed by atoms with Crippen LogP contribution >= 0.6 is 0 Å². The predicted octanol–water partition coefficient (Wildman–Crippen LogP) is 3.97. The molecule has 0 spiro atoms. The number of carbonyl (C=O) groups excluding carboxylic acids is 1. The quantitative estimate of drug-likeness (QED) is 0.205. The van der Waals surface area contributed by atoms with Crippen molar-refractivity contribution in [3.63, 3.8) is 0 Å². The molecule has 1 N–H and O–H groups in total. The lowest BCUT2D eigenvalue weighted by atomic mass is 9.94. The number of carbonyl (C=O) groups is 1. The number of rotatable bonds is 9. The molecular formula is C37H35F2N7O4. The Labute approximate surface area is 287 Å². The van der Waals surface area contributed by atoms with Gasteiger partial charge in [-0.3, -0.25) is 14.7 Å². The Morgan fingerprint density at radius 1 is 1.18 bits per heavy atom. The third-order valence-electron chi connectivity index (χ3n) is 9.46. The Hall–Kier alpha value is -5.21. The van der Waals surface area contributed by atoms with Crippen LogP contribution in [-0.4, -0.2) is 97.6 Å². The number of nitrogens with one attached hydrogen (secondary N) is 1. The number of hydrogen-bond acceptors (Lipinski definition) is 10. The highest BCUT2D eigenvalue weighted by Gasteiger charge is 2.45. The summed E-state index contributed by atoms with van der Waals surface area (Å²) in [5.74, 6) is 0.926. The fraction of sp³-hybridized carbons (Fsp3) is 0.378. The van der Waals surface area contributed by atoms with Crippen LogP contribution in [0, 0.1) is 40.7 Å². The maximum atomic E-state index is 17.0. The molecule has 2 saturated heterocycles. The predicted molar refractivity (Wildman–Crippen MR) is 182 cm³/mol. The first-order chi connectivity index (χ1) is 24.3. The highest BCUT2D eigenvalue weighted by Crippen LogP contribution is 2.47. The maximum Gasteiger partial charge on any atom is 0.319 e. The summed E-state index contributed by atoms with van der Waals surface area (Å²) in [6.45, 7) is 9.10. The fourth-order valence-electron chi connectivity index (χ4n) is 6.67. The molecule has 13 heteroatoms. The van der Waals surface area contributed by atoms with Crippen LogP contribution < -0.4 is 15.0 Å². The van der Waals surface area contributed by atoms with Gasteiger partial charge in [0.2, 0.25) is 5.91 Å². The molecular weight excluding hydrogens is 644 g/mol. The average molecular weight is 680 g/mol. The summed E-state index contributed by atoms with van der Waals surface area (Å²) in [6, 6.07) is 7.39. The number of anilines is 1. The third kappa shape index (κ3) is 6.68. The van der Waals surface area contributed by atoms with Gasteiger partial charge in [-0.1, -0.05) is 18.6 Å². The molecule has 2 aromatic heterocycles. The molecule has 50 heavy (non-hydrogen) atoms. The first-order valence-corrected chi connectivity index (χ1v) is 16.5. The number of halogens is 2. The van der Waals surface area contributed by atoms with Gasteiger partial charge in [0.1, 0.15) is 22.8 Å². The Bertz CT molecular complexity index is 2070. The molecule has 0 radical (unpaired) electrons. The molecule has 1 atom stereocenters. The van der Waals surface area contributed by atoms with Crippen molar-refractivity contribution in [2.45, 2.75) is 18.9 Å². The van der Waals surface area contributed by atoms with E-state index in [2.05, 4.69) is 38.8 Å². The molecule has 1 aliphatic carbocycles. The number of hydrogen-bond donors (Lipinski definition) is 1. The SMILES string of the molecule is C#Cc1c(F)ccc2cc(C#N)cc(-c3ncc4c(N5CCOC[C@@H](NC(=O)C=C)C5)nc(OCC5(CN6CCOCC6)CC5)nc4c3F)c12. The van der Waals surface area contributed by atoms with Crippen molar-refractivity contribution in [1.29, 1.82) is 5.26 Å². The highest BCUT2D eigenvalue weighted by atomic mass is 19.1. The van der Waals surface area contributed by atoms with Gasteiger partial charge in [0.25, 0.3) is 0 Å². The van der Waals surface area contributed by atoms with E-state index in [-0.39, 0.29) is 57.2 Å². The molecule has 0 bridgehead atoms. The zero-order valence-corrected chi connectivity index (χ0v) is 27.4. The summed E-state index contributed by atoms with van der Waals surface area (Å²) in [6.07, 6.45) is 10.3. The molecule has 1 amide bonds. The van der Waals surface area contributed by atoms with Gasteiger partial charge in [-0.2, -0.15) is 15.2 Å². The third-order valence-corrected chi connectivity index (χ3v) is 9.46. The lowest BCUT2D eigenvalue weighted by Crippen LogP contribution is -2.44. The molecule has 4 aromatic rings. The number of benzene rings is 2. The van der Waals surface area contributed by atoms with Crippen LogP contribution in [0.1, 0.15) is 24.0 Å². The lowest BCUT2D eigenvalue weighted by Gasteiger charge is -2.30. The van der Waals surface area contributed by atoms with Gasteiger partial charge in [0, 0.05) is 55.3 Å².